The Kier molecular flexibility index (Phi) is 4.24. The number of amides is 2. The highest BCUT2D eigenvalue weighted by Gasteiger charge is 2.34. The molecular formula is C17H17N5O2. The number of hydrazone groups is 1. The van der Waals surface area contributed by atoms with Crippen LogP contribution in [0, 0.1) is 6.92 Å². The first-order chi connectivity index (χ1) is 11.5. The maximum absolute atomic E-state index is 12.4. The molecule has 1 aliphatic rings. The molecule has 2 aromatic rings. The number of nitrogens with zero attached hydrogens (tertiary/aromatic N) is 3. The number of rotatable bonds is 4. The predicted molar refractivity (Wildman–Crippen MR) is 91.6 cm³/mol. The van der Waals surface area contributed by atoms with Crippen LogP contribution in [0.4, 0.5) is 11.5 Å². The summed E-state index contributed by atoms with van der Waals surface area (Å²) in [5, 5.41) is 8.47. The van der Waals surface area contributed by atoms with Crippen LogP contribution < -0.4 is 16.1 Å². The van der Waals surface area contributed by atoms with E-state index in [9.17, 15) is 9.59 Å². The zero-order valence-electron chi connectivity index (χ0n) is 13.1. The number of anilines is 2. The molecule has 0 spiro atoms. The van der Waals surface area contributed by atoms with E-state index >= 15 is 0 Å². The van der Waals surface area contributed by atoms with Crippen LogP contribution in [0.5, 0.6) is 0 Å². The van der Waals surface area contributed by atoms with Gasteiger partial charge in [0.15, 0.2) is 0 Å². The summed E-state index contributed by atoms with van der Waals surface area (Å²) in [5.74, 6) is -0.478. The summed E-state index contributed by atoms with van der Waals surface area (Å²) in [7, 11) is 0. The molecule has 24 heavy (non-hydrogen) atoms. The number of aryl methyl sites for hydroxylation is 1. The summed E-state index contributed by atoms with van der Waals surface area (Å²) >= 11 is 0. The molecule has 7 heteroatoms. The smallest absolute Gasteiger partial charge is 0.273 e. The Labute approximate surface area is 139 Å². The van der Waals surface area contributed by atoms with Gasteiger partial charge in [0.05, 0.1) is 5.69 Å². The molecule has 3 rings (SSSR count). The third-order valence-electron chi connectivity index (χ3n) is 3.68. The second-order valence-electron chi connectivity index (χ2n) is 5.52. The highest BCUT2D eigenvalue weighted by Crippen LogP contribution is 2.24. The average Bonchev–Trinajstić information content (AvgIpc) is 3.01. The van der Waals surface area contributed by atoms with Crippen molar-refractivity contribution in [2.45, 2.75) is 19.4 Å². The van der Waals surface area contributed by atoms with Crippen LogP contribution >= 0.6 is 0 Å². The van der Waals surface area contributed by atoms with Crippen molar-refractivity contribution >= 4 is 29.0 Å². The number of carbonyl (C=O) groups excluding carboxylic acids is 2. The van der Waals surface area contributed by atoms with E-state index in [2.05, 4.69) is 15.4 Å². The summed E-state index contributed by atoms with van der Waals surface area (Å²) in [6.07, 6.45) is 1.77. The summed E-state index contributed by atoms with van der Waals surface area (Å²) in [4.78, 5) is 28.2. The molecule has 0 unspecified atom stereocenters. The number of pyridine rings is 1. The van der Waals surface area contributed by atoms with E-state index in [4.69, 9.17) is 5.73 Å². The lowest BCUT2D eigenvalue weighted by molar-refractivity contribution is -0.119. The Bertz CT molecular complexity index is 804. The number of nitrogens with one attached hydrogen (secondary N) is 1. The number of nitrogens with two attached hydrogens (primary N) is 1. The summed E-state index contributed by atoms with van der Waals surface area (Å²) in [5.41, 5.74) is 7.39. The maximum atomic E-state index is 12.4. The number of carbonyl (C=O) groups is 2. The quantitative estimate of drug-likeness (QED) is 0.889. The predicted octanol–water partition coefficient (Wildman–Crippen LogP) is 1.45. The Morgan fingerprint density at radius 2 is 2.00 bits per heavy atom. The standard InChI is InChI=1S/C17H17N5O2/c1-11-7-8-19-15(9-11)20-17(24)13-10-14(16(18)23)22(21-13)12-5-3-2-4-6-12/h2-9,14H,10H2,1H3,(H2,18,23)(H,19,20,24)/t14-/m1/s1. The van der Waals surface area contributed by atoms with E-state index in [-0.39, 0.29) is 12.1 Å². The first kappa shape index (κ1) is 15.7. The summed E-state index contributed by atoms with van der Waals surface area (Å²) in [6, 6.07) is 12.1. The van der Waals surface area contributed by atoms with E-state index in [0.29, 0.717) is 11.5 Å². The Balaban J connectivity index is 1.82. The van der Waals surface area contributed by atoms with Crippen LogP contribution in [0.25, 0.3) is 0 Å². The van der Waals surface area contributed by atoms with Crippen LogP contribution in [0.15, 0.2) is 53.8 Å². The fourth-order valence-electron chi connectivity index (χ4n) is 2.48. The van der Waals surface area contributed by atoms with Gasteiger partial charge in [0, 0.05) is 12.6 Å². The number of aromatic nitrogens is 1. The van der Waals surface area contributed by atoms with Gasteiger partial charge in [-0.1, -0.05) is 18.2 Å². The number of primary amides is 1. The Morgan fingerprint density at radius 3 is 2.67 bits per heavy atom. The molecule has 0 saturated heterocycles. The lowest BCUT2D eigenvalue weighted by Gasteiger charge is -2.20. The van der Waals surface area contributed by atoms with Crippen molar-refractivity contribution in [1.82, 2.24) is 4.98 Å². The topological polar surface area (TPSA) is 101 Å². The number of para-hydroxylation sites is 1. The number of benzene rings is 1. The van der Waals surface area contributed by atoms with Crippen LogP contribution in [-0.4, -0.2) is 28.6 Å². The fraction of sp³-hybridized carbons (Fsp3) is 0.176. The normalized spacial score (nSPS) is 16.6. The van der Waals surface area contributed by atoms with Gasteiger partial charge in [-0.05, 0) is 36.8 Å². The van der Waals surface area contributed by atoms with Crippen molar-refractivity contribution in [2.24, 2.45) is 10.8 Å². The van der Waals surface area contributed by atoms with Crippen LogP contribution in [0.3, 0.4) is 0 Å². The van der Waals surface area contributed by atoms with Crippen molar-refractivity contribution in [2.75, 3.05) is 10.3 Å². The first-order valence-electron chi connectivity index (χ1n) is 7.49. The van der Waals surface area contributed by atoms with Crippen molar-refractivity contribution in [3.63, 3.8) is 0 Å². The van der Waals surface area contributed by atoms with Gasteiger partial charge in [-0.25, -0.2) is 4.98 Å². The fourth-order valence-corrected chi connectivity index (χ4v) is 2.48. The van der Waals surface area contributed by atoms with Crippen LogP contribution in [-0.2, 0) is 9.59 Å². The Hall–Kier alpha value is -3.22. The van der Waals surface area contributed by atoms with Crippen molar-refractivity contribution < 1.29 is 9.59 Å². The van der Waals surface area contributed by atoms with Crippen molar-refractivity contribution in [3.8, 4) is 0 Å². The third kappa shape index (κ3) is 3.24. The van der Waals surface area contributed by atoms with E-state index < -0.39 is 17.9 Å². The van der Waals surface area contributed by atoms with Gasteiger partial charge in [0.1, 0.15) is 17.6 Å². The molecule has 2 amide bonds. The molecule has 2 heterocycles. The van der Waals surface area contributed by atoms with Gasteiger partial charge in [0.25, 0.3) is 5.91 Å². The van der Waals surface area contributed by atoms with Gasteiger partial charge in [-0.15, -0.1) is 0 Å². The molecule has 0 bridgehead atoms. The minimum absolute atomic E-state index is 0.155. The average molecular weight is 323 g/mol. The first-order valence-corrected chi connectivity index (χ1v) is 7.49. The Morgan fingerprint density at radius 1 is 1.25 bits per heavy atom. The van der Waals surface area contributed by atoms with E-state index in [1.807, 2.05) is 43.3 Å². The van der Waals surface area contributed by atoms with Crippen molar-refractivity contribution in [1.29, 1.82) is 0 Å². The lowest BCUT2D eigenvalue weighted by Crippen LogP contribution is -2.39. The molecule has 1 aromatic carbocycles. The minimum atomic E-state index is -0.682. The second-order valence-corrected chi connectivity index (χ2v) is 5.52. The summed E-state index contributed by atoms with van der Waals surface area (Å²) in [6.45, 7) is 1.91. The molecule has 1 atom stereocenters. The highest BCUT2D eigenvalue weighted by atomic mass is 16.2. The molecule has 122 valence electrons. The monoisotopic (exact) mass is 323 g/mol. The van der Waals surface area contributed by atoms with Crippen LogP contribution in [0.1, 0.15) is 12.0 Å². The van der Waals surface area contributed by atoms with Gasteiger partial charge in [-0.3, -0.25) is 14.6 Å². The molecule has 1 aliphatic heterocycles. The number of hydrogen-bond acceptors (Lipinski definition) is 5. The second kappa shape index (κ2) is 6.49. The van der Waals surface area contributed by atoms with Gasteiger partial charge in [-0.2, -0.15) is 5.10 Å². The molecule has 0 aliphatic carbocycles. The molecular weight excluding hydrogens is 306 g/mol. The molecule has 0 saturated carbocycles. The van der Waals surface area contributed by atoms with Crippen molar-refractivity contribution in [3.05, 3.63) is 54.2 Å². The number of hydrogen-bond donors (Lipinski definition) is 2. The molecule has 3 N–H and O–H groups in total. The molecule has 1 aromatic heterocycles. The molecule has 7 nitrogen and oxygen atoms in total. The zero-order valence-corrected chi connectivity index (χ0v) is 13.1. The van der Waals surface area contributed by atoms with Gasteiger partial charge >= 0.3 is 0 Å². The van der Waals surface area contributed by atoms with Gasteiger partial charge < -0.3 is 11.1 Å². The SMILES string of the molecule is Cc1ccnc(NC(=O)C2=NN(c3ccccc3)[C@@H](C(N)=O)C2)c1. The van der Waals surface area contributed by atoms with E-state index in [1.54, 1.807) is 12.3 Å². The lowest BCUT2D eigenvalue weighted by atomic mass is 10.1. The largest absolute Gasteiger partial charge is 0.368 e. The maximum Gasteiger partial charge on any atom is 0.273 e. The van der Waals surface area contributed by atoms with Crippen LogP contribution in [0.2, 0.25) is 0 Å². The van der Waals surface area contributed by atoms with Gasteiger partial charge in [0.2, 0.25) is 5.91 Å². The molecule has 0 radical (unpaired) electrons. The highest BCUT2D eigenvalue weighted by molar-refractivity contribution is 6.44. The van der Waals surface area contributed by atoms with E-state index in [1.165, 1.54) is 5.01 Å². The van der Waals surface area contributed by atoms with E-state index in [0.717, 1.165) is 5.56 Å². The zero-order chi connectivity index (χ0) is 17.1. The summed E-state index contributed by atoms with van der Waals surface area (Å²) < 4.78 is 0. The molecule has 0 fully saturated rings. The third-order valence-corrected chi connectivity index (χ3v) is 3.68. The minimum Gasteiger partial charge on any atom is -0.368 e.